The van der Waals surface area contributed by atoms with Gasteiger partial charge in [0.05, 0.1) is 30.1 Å². The first-order chi connectivity index (χ1) is 11.2. The highest BCUT2D eigenvalue weighted by molar-refractivity contribution is 5.97. The molecule has 118 valence electrons. The number of hydrogen-bond donors (Lipinski definition) is 0. The summed E-state index contributed by atoms with van der Waals surface area (Å²) in [4.78, 5) is 24.8. The lowest BCUT2D eigenvalue weighted by atomic mass is 10.1. The minimum absolute atomic E-state index is 0.0194. The zero-order chi connectivity index (χ0) is 16.4. The van der Waals surface area contributed by atoms with Gasteiger partial charge in [-0.2, -0.15) is 0 Å². The highest BCUT2D eigenvalue weighted by atomic mass is 16.5. The standard InChI is InChI=1S/C18H17NO4/c1-3-23-16(20)11-19-14-9-5-4-7-12(14)18(21)13-8-6-10-15(22-2)17(13)19/h4-10H,3,11H2,1-2H3. The Bertz CT molecular complexity index is 943. The van der Waals surface area contributed by atoms with E-state index < -0.39 is 0 Å². The predicted octanol–water partition coefficient (Wildman–Crippen LogP) is 2.73. The summed E-state index contributed by atoms with van der Waals surface area (Å²) in [5.74, 6) is 0.197. The van der Waals surface area contributed by atoms with E-state index in [0.29, 0.717) is 34.2 Å². The second-order valence-corrected chi connectivity index (χ2v) is 5.09. The van der Waals surface area contributed by atoms with Gasteiger partial charge >= 0.3 is 5.97 Å². The van der Waals surface area contributed by atoms with E-state index in [4.69, 9.17) is 9.47 Å². The van der Waals surface area contributed by atoms with Crippen LogP contribution in [0, 0.1) is 0 Å². The number of benzene rings is 2. The summed E-state index contributed by atoms with van der Waals surface area (Å²) in [6.07, 6.45) is 0. The van der Waals surface area contributed by atoms with Crippen molar-refractivity contribution < 1.29 is 14.3 Å². The van der Waals surface area contributed by atoms with E-state index in [1.54, 1.807) is 42.9 Å². The molecule has 0 radical (unpaired) electrons. The average molecular weight is 311 g/mol. The van der Waals surface area contributed by atoms with Crippen molar-refractivity contribution in [3.8, 4) is 5.75 Å². The van der Waals surface area contributed by atoms with E-state index in [1.165, 1.54) is 0 Å². The predicted molar refractivity (Wildman–Crippen MR) is 88.9 cm³/mol. The van der Waals surface area contributed by atoms with E-state index in [1.807, 2.05) is 18.2 Å². The molecule has 0 saturated heterocycles. The number of carbonyl (C=O) groups excluding carboxylic acids is 1. The van der Waals surface area contributed by atoms with E-state index in [2.05, 4.69) is 0 Å². The van der Waals surface area contributed by atoms with Gasteiger partial charge < -0.3 is 14.0 Å². The Balaban J connectivity index is 2.42. The fourth-order valence-electron chi connectivity index (χ4n) is 2.82. The van der Waals surface area contributed by atoms with E-state index in [0.717, 1.165) is 0 Å². The normalized spacial score (nSPS) is 10.9. The van der Waals surface area contributed by atoms with Crippen LogP contribution in [0.2, 0.25) is 0 Å². The maximum atomic E-state index is 12.7. The van der Waals surface area contributed by atoms with E-state index >= 15 is 0 Å². The number of para-hydroxylation sites is 2. The number of fused-ring (bicyclic) bond motifs is 2. The minimum atomic E-state index is -0.353. The molecule has 0 aliphatic carbocycles. The van der Waals surface area contributed by atoms with Gasteiger partial charge in [-0.05, 0) is 31.2 Å². The lowest BCUT2D eigenvalue weighted by molar-refractivity contribution is -0.143. The molecule has 0 aliphatic rings. The van der Waals surface area contributed by atoms with Crippen molar-refractivity contribution in [2.45, 2.75) is 13.5 Å². The zero-order valence-corrected chi connectivity index (χ0v) is 13.0. The zero-order valence-electron chi connectivity index (χ0n) is 13.0. The molecule has 3 aromatic rings. The van der Waals surface area contributed by atoms with Gasteiger partial charge in [-0.15, -0.1) is 0 Å². The van der Waals surface area contributed by atoms with Crippen molar-refractivity contribution in [2.75, 3.05) is 13.7 Å². The molecular formula is C18H17NO4. The summed E-state index contributed by atoms with van der Waals surface area (Å²) >= 11 is 0. The Morgan fingerprint density at radius 3 is 2.57 bits per heavy atom. The van der Waals surface area contributed by atoms with Crippen molar-refractivity contribution in [3.05, 3.63) is 52.7 Å². The highest BCUT2D eigenvalue weighted by Crippen LogP contribution is 2.27. The molecule has 0 spiro atoms. The molecule has 1 aromatic heterocycles. The Morgan fingerprint density at radius 2 is 1.83 bits per heavy atom. The van der Waals surface area contributed by atoms with Crippen molar-refractivity contribution in [3.63, 3.8) is 0 Å². The minimum Gasteiger partial charge on any atom is -0.495 e. The van der Waals surface area contributed by atoms with Crippen molar-refractivity contribution in [2.24, 2.45) is 0 Å². The summed E-state index contributed by atoms with van der Waals surface area (Å²) in [6.45, 7) is 2.09. The molecule has 0 atom stereocenters. The SMILES string of the molecule is CCOC(=O)Cn1c2ccccc2c(=O)c2cccc(OC)c21. The molecule has 23 heavy (non-hydrogen) atoms. The first kappa shape index (κ1) is 15.1. The average Bonchev–Trinajstić information content (AvgIpc) is 2.58. The maximum absolute atomic E-state index is 12.7. The largest absolute Gasteiger partial charge is 0.495 e. The number of rotatable bonds is 4. The van der Waals surface area contributed by atoms with E-state index in [9.17, 15) is 9.59 Å². The Morgan fingerprint density at radius 1 is 1.09 bits per heavy atom. The Kier molecular flexibility index (Phi) is 4.02. The van der Waals surface area contributed by atoms with Gasteiger partial charge in [0.2, 0.25) is 0 Å². The van der Waals surface area contributed by atoms with Gasteiger partial charge in [0.1, 0.15) is 12.3 Å². The van der Waals surface area contributed by atoms with Gasteiger partial charge in [0.25, 0.3) is 0 Å². The monoisotopic (exact) mass is 311 g/mol. The van der Waals surface area contributed by atoms with Crippen LogP contribution in [0.3, 0.4) is 0 Å². The number of nitrogens with zero attached hydrogens (tertiary/aromatic N) is 1. The second kappa shape index (κ2) is 6.12. The smallest absolute Gasteiger partial charge is 0.325 e. The molecule has 0 N–H and O–H groups in total. The second-order valence-electron chi connectivity index (χ2n) is 5.09. The fraction of sp³-hybridized carbons (Fsp3) is 0.222. The summed E-state index contributed by atoms with van der Waals surface area (Å²) in [6, 6.07) is 12.5. The number of carbonyl (C=O) groups is 1. The summed E-state index contributed by atoms with van der Waals surface area (Å²) in [7, 11) is 1.54. The number of ether oxygens (including phenoxy) is 2. The number of aromatic nitrogens is 1. The molecule has 0 unspecified atom stereocenters. The Hall–Kier alpha value is -2.82. The highest BCUT2D eigenvalue weighted by Gasteiger charge is 2.16. The fourth-order valence-corrected chi connectivity index (χ4v) is 2.82. The third-order valence-electron chi connectivity index (χ3n) is 3.77. The first-order valence-electron chi connectivity index (χ1n) is 7.41. The third kappa shape index (κ3) is 2.54. The van der Waals surface area contributed by atoms with Crippen LogP contribution >= 0.6 is 0 Å². The molecule has 0 saturated carbocycles. The van der Waals surface area contributed by atoms with Crippen LogP contribution in [-0.2, 0) is 16.1 Å². The van der Waals surface area contributed by atoms with Crippen LogP contribution in [-0.4, -0.2) is 24.3 Å². The van der Waals surface area contributed by atoms with E-state index in [-0.39, 0.29) is 17.9 Å². The molecule has 0 aliphatic heterocycles. The van der Waals surface area contributed by atoms with Crippen molar-refractivity contribution >= 4 is 27.8 Å². The van der Waals surface area contributed by atoms with Gasteiger partial charge in [0.15, 0.2) is 5.43 Å². The lowest BCUT2D eigenvalue weighted by Gasteiger charge is -2.16. The molecule has 2 aromatic carbocycles. The number of methoxy groups -OCH3 is 1. The molecule has 5 nitrogen and oxygen atoms in total. The summed E-state index contributed by atoms with van der Waals surface area (Å²) in [5, 5.41) is 1.09. The Labute approximate surface area is 133 Å². The molecular weight excluding hydrogens is 294 g/mol. The molecule has 1 heterocycles. The van der Waals surface area contributed by atoms with Gasteiger partial charge in [-0.3, -0.25) is 9.59 Å². The van der Waals surface area contributed by atoms with Gasteiger partial charge in [-0.1, -0.05) is 18.2 Å². The number of pyridine rings is 1. The van der Waals surface area contributed by atoms with Crippen LogP contribution < -0.4 is 10.2 Å². The first-order valence-corrected chi connectivity index (χ1v) is 7.41. The molecule has 0 fully saturated rings. The molecule has 5 heteroatoms. The quantitative estimate of drug-likeness (QED) is 0.549. The third-order valence-corrected chi connectivity index (χ3v) is 3.77. The maximum Gasteiger partial charge on any atom is 0.325 e. The van der Waals surface area contributed by atoms with Crippen LogP contribution in [0.15, 0.2) is 47.3 Å². The topological polar surface area (TPSA) is 57.5 Å². The molecule has 0 amide bonds. The van der Waals surface area contributed by atoms with Crippen molar-refractivity contribution in [1.29, 1.82) is 0 Å². The van der Waals surface area contributed by atoms with Crippen LogP contribution in [0.25, 0.3) is 21.8 Å². The summed E-state index contributed by atoms with van der Waals surface area (Å²) < 4.78 is 12.3. The number of esters is 1. The lowest BCUT2D eigenvalue weighted by Crippen LogP contribution is -2.18. The van der Waals surface area contributed by atoms with Gasteiger partial charge in [-0.25, -0.2) is 0 Å². The number of hydrogen-bond acceptors (Lipinski definition) is 4. The van der Waals surface area contributed by atoms with Gasteiger partial charge in [0, 0.05) is 5.39 Å². The summed E-state index contributed by atoms with van der Waals surface area (Å²) in [5.41, 5.74) is 1.21. The van der Waals surface area contributed by atoms with Crippen LogP contribution in [0.5, 0.6) is 5.75 Å². The van der Waals surface area contributed by atoms with Crippen molar-refractivity contribution in [1.82, 2.24) is 4.57 Å². The van der Waals surface area contributed by atoms with Crippen LogP contribution in [0.1, 0.15) is 6.92 Å². The molecule has 0 bridgehead atoms. The molecule has 3 rings (SSSR count). The van der Waals surface area contributed by atoms with Crippen LogP contribution in [0.4, 0.5) is 0 Å².